The van der Waals surface area contributed by atoms with Gasteiger partial charge in [-0.15, -0.1) is 0 Å². The van der Waals surface area contributed by atoms with Gasteiger partial charge in [0.05, 0.1) is 25.9 Å². The van der Waals surface area contributed by atoms with Crippen LogP contribution in [0.25, 0.3) is 0 Å². The van der Waals surface area contributed by atoms with Crippen LogP contribution < -0.4 is 10.1 Å². The Balaban J connectivity index is 2.22. The van der Waals surface area contributed by atoms with Gasteiger partial charge < -0.3 is 24.6 Å². The SMILES string of the molecule is COC(=O)C1C(=O)C2=C(CC1C)NC(C)=C(C(=O)OC(C)C)C2c1ccc(O)c(OC)c1. The average Bonchev–Trinajstić information content (AvgIpc) is 2.72. The number of methoxy groups -OCH3 is 2. The predicted molar refractivity (Wildman–Crippen MR) is 116 cm³/mol. The van der Waals surface area contributed by atoms with Crippen molar-refractivity contribution in [2.24, 2.45) is 11.8 Å². The van der Waals surface area contributed by atoms with Crippen LogP contribution in [-0.4, -0.2) is 43.2 Å². The molecule has 8 heteroatoms. The van der Waals surface area contributed by atoms with Gasteiger partial charge in [0.2, 0.25) is 0 Å². The van der Waals surface area contributed by atoms with E-state index in [0.29, 0.717) is 29.0 Å². The van der Waals surface area contributed by atoms with E-state index in [9.17, 15) is 19.5 Å². The van der Waals surface area contributed by atoms with Gasteiger partial charge in [-0.1, -0.05) is 13.0 Å². The topological polar surface area (TPSA) is 111 Å². The molecule has 0 fully saturated rings. The van der Waals surface area contributed by atoms with Crippen LogP contribution in [0.1, 0.15) is 45.6 Å². The van der Waals surface area contributed by atoms with Crippen molar-refractivity contribution in [3.63, 3.8) is 0 Å². The second-order valence-electron chi connectivity index (χ2n) is 8.42. The Kier molecular flexibility index (Phi) is 6.62. The number of rotatable bonds is 5. The van der Waals surface area contributed by atoms with Gasteiger partial charge >= 0.3 is 11.9 Å². The van der Waals surface area contributed by atoms with Crippen molar-refractivity contribution in [1.29, 1.82) is 0 Å². The van der Waals surface area contributed by atoms with Crippen molar-refractivity contribution in [3.05, 3.63) is 46.3 Å². The van der Waals surface area contributed by atoms with Gasteiger partial charge in [-0.25, -0.2) is 4.79 Å². The molecule has 3 rings (SSSR count). The number of Topliss-reactive ketones (excluding diaryl/α,β-unsaturated/α-hetero) is 1. The third-order valence-electron chi connectivity index (χ3n) is 5.84. The number of phenols is 1. The summed E-state index contributed by atoms with van der Waals surface area (Å²) in [5.41, 5.74) is 2.40. The molecule has 0 saturated carbocycles. The summed E-state index contributed by atoms with van der Waals surface area (Å²) in [4.78, 5) is 39.2. The monoisotopic (exact) mass is 443 g/mol. The van der Waals surface area contributed by atoms with E-state index >= 15 is 0 Å². The van der Waals surface area contributed by atoms with Gasteiger partial charge in [-0.05, 0) is 50.8 Å². The molecular formula is C24H29NO7. The van der Waals surface area contributed by atoms with Crippen LogP contribution in [-0.2, 0) is 23.9 Å². The summed E-state index contributed by atoms with van der Waals surface area (Å²) in [5.74, 6) is -3.45. The minimum absolute atomic E-state index is 0.0672. The fourth-order valence-corrected chi connectivity index (χ4v) is 4.44. The summed E-state index contributed by atoms with van der Waals surface area (Å²) in [7, 11) is 2.67. The van der Waals surface area contributed by atoms with Gasteiger partial charge in [0.25, 0.3) is 0 Å². The number of phenolic OH excluding ortho intramolecular Hbond substituents is 1. The van der Waals surface area contributed by atoms with E-state index in [1.165, 1.54) is 20.3 Å². The molecule has 0 radical (unpaired) electrons. The first kappa shape index (κ1) is 23.4. The normalized spacial score (nSPS) is 23.0. The van der Waals surface area contributed by atoms with Crippen LogP contribution >= 0.6 is 0 Å². The molecule has 172 valence electrons. The summed E-state index contributed by atoms with van der Waals surface area (Å²) in [6, 6.07) is 4.67. The Morgan fingerprint density at radius 1 is 1.22 bits per heavy atom. The highest BCUT2D eigenvalue weighted by molar-refractivity contribution is 6.12. The number of dihydropyridines is 1. The number of ketones is 1. The molecule has 1 heterocycles. The van der Waals surface area contributed by atoms with Crippen molar-refractivity contribution in [3.8, 4) is 11.5 Å². The number of hydrogen-bond donors (Lipinski definition) is 2. The summed E-state index contributed by atoms with van der Waals surface area (Å²) >= 11 is 0. The van der Waals surface area contributed by atoms with Crippen LogP contribution in [0.2, 0.25) is 0 Å². The number of carbonyl (C=O) groups excluding carboxylic acids is 3. The summed E-state index contributed by atoms with van der Waals surface area (Å²) in [5, 5.41) is 13.3. The maximum absolute atomic E-state index is 13.6. The van der Waals surface area contributed by atoms with Crippen molar-refractivity contribution in [2.45, 2.75) is 46.1 Å². The molecule has 0 amide bonds. The average molecular weight is 443 g/mol. The third kappa shape index (κ3) is 4.09. The molecule has 3 unspecified atom stereocenters. The molecule has 1 aliphatic carbocycles. The zero-order valence-corrected chi connectivity index (χ0v) is 19.1. The van der Waals surface area contributed by atoms with Crippen LogP contribution in [0.15, 0.2) is 40.7 Å². The summed E-state index contributed by atoms with van der Waals surface area (Å²) in [6.07, 6.45) is 0.0780. The Hall–Kier alpha value is -3.29. The quantitative estimate of drug-likeness (QED) is 0.528. The molecule has 1 aliphatic heterocycles. The molecule has 0 bridgehead atoms. The first-order valence-corrected chi connectivity index (χ1v) is 10.5. The zero-order chi connectivity index (χ0) is 23.7. The number of esters is 2. The molecule has 2 N–H and O–H groups in total. The number of nitrogens with one attached hydrogen (secondary N) is 1. The molecule has 1 aromatic rings. The van der Waals surface area contributed by atoms with E-state index in [2.05, 4.69) is 5.32 Å². The largest absolute Gasteiger partial charge is 0.504 e. The number of carbonyl (C=O) groups is 3. The number of allylic oxidation sites excluding steroid dienone is 3. The Morgan fingerprint density at radius 2 is 1.91 bits per heavy atom. The maximum Gasteiger partial charge on any atom is 0.337 e. The molecular weight excluding hydrogens is 414 g/mol. The van der Waals surface area contributed by atoms with Crippen molar-refractivity contribution in [2.75, 3.05) is 14.2 Å². The molecule has 0 spiro atoms. The van der Waals surface area contributed by atoms with Crippen LogP contribution in [0.5, 0.6) is 11.5 Å². The fraction of sp³-hybridized carbons (Fsp3) is 0.458. The van der Waals surface area contributed by atoms with E-state index < -0.39 is 29.6 Å². The van der Waals surface area contributed by atoms with E-state index in [4.69, 9.17) is 14.2 Å². The third-order valence-corrected chi connectivity index (χ3v) is 5.84. The molecule has 0 saturated heterocycles. The minimum atomic E-state index is -0.970. The van der Waals surface area contributed by atoms with Crippen LogP contribution in [0.4, 0.5) is 0 Å². The highest BCUT2D eigenvalue weighted by atomic mass is 16.5. The highest BCUT2D eigenvalue weighted by Crippen LogP contribution is 2.46. The Labute approximate surface area is 187 Å². The zero-order valence-electron chi connectivity index (χ0n) is 19.1. The molecule has 32 heavy (non-hydrogen) atoms. The van der Waals surface area contributed by atoms with Crippen molar-refractivity contribution in [1.82, 2.24) is 5.32 Å². The van der Waals surface area contributed by atoms with Gasteiger partial charge in [0, 0.05) is 22.9 Å². The molecule has 8 nitrogen and oxygen atoms in total. The van der Waals surface area contributed by atoms with Gasteiger partial charge in [0.1, 0.15) is 5.92 Å². The van der Waals surface area contributed by atoms with E-state index in [-0.39, 0.29) is 29.1 Å². The fourth-order valence-electron chi connectivity index (χ4n) is 4.44. The second-order valence-corrected chi connectivity index (χ2v) is 8.42. The maximum atomic E-state index is 13.6. The number of hydrogen-bond acceptors (Lipinski definition) is 8. The molecule has 3 atom stereocenters. The van der Waals surface area contributed by atoms with E-state index in [0.717, 1.165) is 0 Å². The Bertz CT molecular complexity index is 1020. The number of ether oxygens (including phenoxy) is 3. The number of aromatic hydroxyl groups is 1. The van der Waals surface area contributed by atoms with Crippen molar-refractivity contribution < 1.29 is 33.7 Å². The smallest absolute Gasteiger partial charge is 0.337 e. The summed E-state index contributed by atoms with van der Waals surface area (Å²) in [6.45, 7) is 7.07. The van der Waals surface area contributed by atoms with E-state index in [1.54, 1.807) is 32.9 Å². The minimum Gasteiger partial charge on any atom is -0.504 e. The second kappa shape index (κ2) is 9.06. The first-order valence-electron chi connectivity index (χ1n) is 10.5. The van der Waals surface area contributed by atoms with Crippen molar-refractivity contribution >= 4 is 17.7 Å². The lowest BCUT2D eigenvalue weighted by atomic mass is 9.69. The molecule has 1 aromatic carbocycles. The predicted octanol–water partition coefficient (Wildman–Crippen LogP) is 2.97. The highest BCUT2D eigenvalue weighted by Gasteiger charge is 2.47. The van der Waals surface area contributed by atoms with Crippen LogP contribution in [0, 0.1) is 11.8 Å². The van der Waals surface area contributed by atoms with Gasteiger partial charge in [-0.2, -0.15) is 0 Å². The van der Waals surface area contributed by atoms with Crippen LogP contribution in [0.3, 0.4) is 0 Å². The number of benzene rings is 1. The lowest BCUT2D eigenvalue weighted by Crippen LogP contribution is -2.43. The molecule has 2 aliphatic rings. The van der Waals surface area contributed by atoms with Gasteiger partial charge in [0.15, 0.2) is 17.3 Å². The lowest BCUT2D eigenvalue weighted by Gasteiger charge is -2.38. The lowest BCUT2D eigenvalue weighted by molar-refractivity contribution is -0.151. The first-order chi connectivity index (χ1) is 15.1. The standard InChI is InChI=1S/C24H29NO7/c1-11(2)32-24(29)19-13(4)25-15-9-12(3)18(23(28)31-6)22(27)21(15)20(19)14-7-8-16(26)17(10-14)30-5/h7-8,10-12,18,20,25-26H,9H2,1-6H3. The molecule has 0 aromatic heterocycles. The summed E-state index contributed by atoms with van der Waals surface area (Å²) < 4.78 is 15.6. The van der Waals surface area contributed by atoms with E-state index in [1.807, 2.05) is 6.92 Å². The Morgan fingerprint density at radius 3 is 2.50 bits per heavy atom. The van der Waals surface area contributed by atoms with Gasteiger partial charge in [-0.3, -0.25) is 9.59 Å².